The van der Waals surface area contributed by atoms with Crippen LogP contribution in [0.2, 0.25) is 0 Å². The maximum Gasteiger partial charge on any atom is 0.349 e. The number of carbonyl (C=O) groups is 4. The first kappa shape index (κ1) is 19.1. The highest BCUT2D eigenvalue weighted by molar-refractivity contribution is 6.11. The Balaban J connectivity index is 2.51. The van der Waals surface area contributed by atoms with Crippen molar-refractivity contribution < 1.29 is 33.8 Å². The van der Waals surface area contributed by atoms with Gasteiger partial charge >= 0.3 is 11.9 Å². The first-order valence-electron chi connectivity index (χ1n) is 8.02. The number of carbonyl (C=O) groups excluding carboxylic acids is 4. The minimum absolute atomic E-state index is 0.152. The predicted octanol–water partition coefficient (Wildman–Crippen LogP) is 0.470. The maximum absolute atomic E-state index is 12.9. The Morgan fingerprint density at radius 2 is 1.88 bits per heavy atom. The Bertz CT molecular complexity index is 673. The van der Waals surface area contributed by atoms with Crippen LogP contribution in [0.25, 0.3) is 0 Å². The summed E-state index contributed by atoms with van der Waals surface area (Å²) in [5, 5.41) is 10.8. The van der Waals surface area contributed by atoms with Crippen LogP contribution in [0.3, 0.4) is 0 Å². The van der Waals surface area contributed by atoms with Gasteiger partial charge in [-0.1, -0.05) is 0 Å². The third kappa shape index (κ3) is 3.30. The zero-order valence-corrected chi connectivity index (χ0v) is 15.0. The lowest BCUT2D eigenvalue weighted by Crippen LogP contribution is -2.60. The summed E-state index contributed by atoms with van der Waals surface area (Å²) >= 11 is 0. The predicted molar refractivity (Wildman–Crippen MR) is 85.0 cm³/mol. The zero-order chi connectivity index (χ0) is 19.2. The molecule has 0 aromatic heterocycles. The molecule has 2 aliphatic heterocycles. The van der Waals surface area contributed by atoms with Gasteiger partial charge in [0.05, 0.1) is 7.11 Å². The van der Waals surface area contributed by atoms with Crippen molar-refractivity contribution in [2.45, 2.75) is 64.2 Å². The first-order valence-corrected chi connectivity index (χ1v) is 8.02. The Kier molecular flexibility index (Phi) is 4.78. The number of amides is 1. The molecule has 0 aliphatic carbocycles. The fourth-order valence-electron chi connectivity index (χ4n) is 3.11. The molecule has 1 fully saturated rings. The number of fused-ring (bicyclic) bond motifs is 1. The van der Waals surface area contributed by atoms with Gasteiger partial charge < -0.3 is 14.6 Å². The molecule has 0 bridgehead atoms. The summed E-state index contributed by atoms with van der Waals surface area (Å²) in [6, 6.07) is -0.976. The highest BCUT2D eigenvalue weighted by atomic mass is 16.6. The molecule has 2 rings (SSSR count). The summed E-state index contributed by atoms with van der Waals surface area (Å²) < 4.78 is 9.86. The number of aliphatic hydroxyl groups is 1. The highest BCUT2D eigenvalue weighted by Crippen LogP contribution is 2.41. The van der Waals surface area contributed by atoms with Crippen LogP contribution >= 0.6 is 0 Å². The SMILES string of the molecule is COC(=O)[C@@H]1CCC2=C(C(C)=O)CC(O)(C(=O)OC(C)(C)C)C(=O)N21. The normalized spacial score (nSPS) is 26.4. The number of hydrogen-bond acceptors (Lipinski definition) is 7. The Morgan fingerprint density at radius 3 is 2.36 bits per heavy atom. The van der Waals surface area contributed by atoms with E-state index in [1.54, 1.807) is 20.8 Å². The second kappa shape index (κ2) is 6.25. The summed E-state index contributed by atoms with van der Waals surface area (Å²) in [6.45, 7) is 6.09. The van der Waals surface area contributed by atoms with Gasteiger partial charge in [-0.15, -0.1) is 0 Å². The van der Waals surface area contributed by atoms with Gasteiger partial charge in [-0.2, -0.15) is 0 Å². The summed E-state index contributed by atoms with van der Waals surface area (Å²) in [7, 11) is 1.18. The molecule has 0 saturated carbocycles. The van der Waals surface area contributed by atoms with E-state index in [0.717, 1.165) is 4.90 Å². The van der Waals surface area contributed by atoms with E-state index in [2.05, 4.69) is 0 Å². The number of ketones is 1. The van der Waals surface area contributed by atoms with Crippen molar-refractivity contribution in [2.24, 2.45) is 0 Å². The van der Waals surface area contributed by atoms with E-state index >= 15 is 0 Å². The lowest BCUT2D eigenvalue weighted by atomic mass is 9.85. The number of nitrogens with zero attached hydrogens (tertiary/aromatic N) is 1. The van der Waals surface area contributed by atoms with Gasteiger partial charge in [0.25, 0.3) is 5.91 Å². The number of allylic oxidation sites excluding steroid dienone is 1. The fourth-order valence-corrected chi connectivity index (χ4v) is 3.11. The lowest BCUT2D eigenvalue weighted by Gasteiger charge is -2.38. The second-order valence-corrected chi connectivity index (χ2v) is 7.27. The van der Waals surface area contributed by atoms with Crippen molar-refractivity contribution in [1.82, 2.24) is 4.90 Å². The van der Waals surface area contributed by atoms with Crippen molar-refractivity contribution in [3.8, 4) is 0 Å². The molecule has 1 unspecified atom stereocenters. The number of hydrogen-bond donors (Lipinski definition) is 1. The van der Waals surface area contributed by atoms with Crippen molar-refractivity contribution in [3.63, 3.8) is 0 Å². The second-order valence-electron chi connectivity index (χ2n) is 7.27. The number of ether oxygens (including phenoxy) is 2. The van der Waals surface area contributed by atoms with Crippen LogP contribution in [0.4, 0.5) is 0 Å². The molecule has 0 aromatic rings. The van der Waals surface area contributed by atoms with Crippen LogP contribution in [0.1, 0.15) is 47.0 Å². The number of esters is 2. The molecule has 8 nitrogen and oxygen atoms in total. The van der Waals surface area contributed by atoms with Gasteiger partial charge in [-0.25, -0.2) is 9.59 Å². The number of Topliss-reactive ketones (excluding diaryl/α,β-unsaturated/α-hetero) is 1. The molecule has 8 heteroatoms. The van der Waals surface area contributed by atoms with Crippen molar-refractivity contribution in [2.75, 3.05) is 7.11 Å². The monoisotopic (exact) mass is 353 g/mol. The standard InChI is InChI=1S/C17H23NO7/c1-9(19)10-8-17(23,15(22)25-16(2,3)4)14(21)18-11(10)6-7-12(18)13(20)24-5/h12,23H,6-8H2,1-5H3/t12-,17?/m0/s1. The van der Waals surface area contributed by atoms with E-state index in [0.29, 0.717) is 12.1 Å². The molecule has 1 saturated heterocycles. The van der Waals surface area contributed by atoms with Crippen LogP contribution in [0, 0.1) is 0 Å². The van der Waals surface area contributed by atoms with E-state index in [-0.39, 0.29) is 17.8 Å². The molecule has 0 radical (unpaired) electrons. The molecule has 25 heavy (non-hydrogen) atoms. The van der Waals surface area contributed by atoms with Gasteiger partial charge in [0.2, 0.25) is 5.60 Å². The van der Waals surface area contributed by atoms with Crippen LogP contribution in [0.5, 0.6) is 0 Å². The van der Waals surface area contributed by atoms with Crippen LogP contribution in [-0.4, -0.2) is 58.0 Å². The van der Waals surface area contributed by atoms with Crippen LogP contribution in [-0.2, 0) is 28.7 Å². The van der Waals surface area contributed by atoms with E-state index in [9.17, 15) is 24.3 Å². The molecule has 2 atom stereocenters. The van der Waals surface area contributed by atoms with Gasteiger partial charge in [0.1, 0.15) is 11.6 Å². The molecular weight excluding hydrogens is 330 g/mol. The van der Waals surface area contributed by atoms with E-state index in [1.165, 1.54) is 14.0 Å². The molecule has 138 valence electrons. The average Bonchev–Trinajstić information content (AvgIpc) is 2.93. The minimum Gasteiger partial charge on any atom is -0.467 e. The Morgan fingerprint density at radius 1 is 1.28 bits per heavy atom. The Hall–Kier alpha value is -2.22. The minimum atomic E-state index is -2.55. The highest BCUT2D eigenvalue weighted by Gasteiger charge is 2.58. The fraction of sp³-hybridized carbons (Fsp3) is 0.647. The van der Waals surface area contributed by atoms with Gasteiger partial charge in [-0.3, -0.25) is 14.5 Å². The molecular formula is C17H23NO7. The van der Waals surface area contributed by atoms with E-state index in [4.69, 9.17) is 9.47 Å². The summed E-state index contributed by atoms with van der Waals surface area (Å²) in [4.78, 5) is 50.4. The molecule has 2 aliphatic rings. The maximum atomic E-state index is 12.9. The summed E-state index contributed by atoms with van der Waals surface area (Å²) in [5.74, 6) is -3.15. The smallest absolute Gasteiger partial charge is 0.349 e. The molecule has 1 amide bonds. The zero-order valence-electron chi connectivity index (χ0n) is 15.0. The molecule has 0 spiro atoms. The molecule has 0 aromatic carbocycles. The molecule has 1 N–H and O–H groups in total. The number of rotatable bonds is 3. The lowest BCUT2D eigenvalue weighted by molar-refractivity contribution is -0.186. The van der Waals surface area contributed by atoms with E-state index in [1.807, 2.05) is 0 Å². The largest absolute Gasteiger partial charge is 0.467 e. The Labute approximate surface area is 145 Å². The van der Waals surface area contributed by atoms with Gasteiger partial charge in [0.15, 0.2) is 5.78 Å². The van der Waals surface area contributed by atoms with E-state index < -0.39 is 41.5 Å². The first-order chi connectivity index (χ1) is 11.4. The van der Waals surface area contributed by atoms with Gasteiger partial charge in [0, 0.05) is 17.7 Å². The quantitative estimate of drug-likeness (QED) is 0.580. The molecule has 2 heterocycles. The summed E-state index contributed by atoms with van der Waals surface area (Å²) in [6.07, 6.45) is 0.107. The van der Waals surface area contributed by atoms with Crippen LogP contribution < -0.4 is 0 Å². The third-order valence-electron chi connectivity index (χ3n) is 4.25. The average molecular weight is 353 g/mol. The van der Waals surface area contributed by atoms with Gasteiger partial charge in [-0.05, 0) is 40.5 Å². The van der Waals surface area contributed by atoms with Crippen molar-refractivity contribution in [3.05, 3.63) is 11.3 Å². The van der Waals surface area contributed by atoms with Crippen molar-refractivity contribution in [1.29, 1.82) is 0 Å². The third-order valence-corrected chi connectivity index (χ3v) is 4.25. The van der Waals surface area contributed by atoms with Crippen LogP contribution in [0.15, 0.2) is 11.3 Å². The number of methoxy groups -OCH3 is 1. The summed E-state index contributed by atoms with van der Waals surface area (Å²) in [5.41, 5.74) is -2.96. The van der Waals surface area contributed by atoms with Crippen molar-refractivity contribution >= 4 is 23.6 Å². The topological polar surface area (TPSA) is 110 Å².